The molecule has 0 spiro atoms. The van der Waals surface area contributed by atoms with Gasteiger partial charge >= 0.3 is 5.97 Å². The van der Waals surface area contributed by atoms with Gasteiger partial charge in [-0.05, 0) is 54.4 Å². The van der Waals surface area contributed by atoms with E-state index < -0.39 is 11.9 Å². The molecule has 6 rings (SSSR count). The molecule has 2 bridgehead atoms. The topological polar surface area (TPSA) is 92.8 Å². The monoisotopic (exact) mass is 380 g/mol. The van der Waals surface area contributed by atoms with E-state index in [0.29, 0.717) is 23.1 Å². The number of rotatable bonds is 4. The third kappa shape index (κ3) is 2.42. The van der Waals surface area contributed by atoms with Crippen molar-refractivity contribution in [2.24, 2.45) is 35.5 Å². The Morgan fingerprint density at radius 3 is 2.14 bits per heavy atom. The van der Waals surface area contributed by atoms with E-state index in [-0.39, 0.29) is 42.0 Å². The standard InChI is InChI=1S/C21H20N2O5/c1-28-21(27)10-2-4-11(5-3-10)22-16(24)9-23-19(25)17-12-6-7-13(15-8-14(12)15)18(17)20(23)26/h2-7,12-15,17-18H,8-9H2,1H3,(H,22,24)/t12-,13+,14-,15-,17+,18+/m1/s1. The second kappa shape index (κ2) is 6.02. The van der Waals surface area contributed by atoms with Crippen LogP contribution in [0.1, 0.15) is 16.8 Å². The summed E-state index contributed by atoms with van der Waals surface area (Å²) in [7, 11) is 1.30. The first kappa shape index (κ1) is 17.2. The lowest BCUT2D eigenvalue weighted by Crippen LogP contribution is -2.40. The fourth-order valence-corrected chi connectivity index (χ4v) is 5.33. The van der Waals surface area contributed by atoms with Crippen LogP contribution < -0.4 is 5.32 Å². The Morgan fingerprint density at radius 1 is 1.04 bits per heavy atom. The Morgan fingerprint density at radius 2 is 1.61 bits per heavy atom. The molecule has 1 aliphatic heterocycles. The summed E-state index contributed by atoms with van der Waals surface area (Å²) in [6, 6.07) is 6.24. The summed E-state index contributed by atoms with van der Waals surface area (Å²) in [6.45, 7) is -0.280. The first-order valence-electron chi connectivity index (χ1n) is 9.51. The summed E-state index contributed by atoms with van der Waals surface area (Å²) in [4.78, 5) is 50.8. The normalized spacial score (nSPS) is 34.1. The first-order valence-corrected chi connectivity index (χ1v) is 9.51. The number of hydrogen-bond donors (Lipinski definition) is 1. The smallest absolute Gasteiger partial charge is 0.337 e. The van der Waals surface area contributed by atoms with E-state index in [1.165, 1.54) is 19.2 Å². The van der Waals surface area contributed by atoms with E-state index in [4.69, 9.17) is 0 Å². The molecule has 5 aliphatic rings. The molecule has 1 saturated heterocycles. The molecular weight excluding hydrogens is 360 g/mol. The van der Waals surface area contributed by atoms with Gasteiger partial charge in [-0.25, -0.2) is 4.79 Å². The fourth-order valence-electron chi connectivity index (χ4n) is 5.33. The van der Waals surface area contributed by atoms with Crippen LogP contribution in [0.5, 0.6) is 0 Å². The van der Waals surface area contributed by atoms with Crippen LogP contribution in [0.25, 0.3) is 0 Å². The van der Waals surface area contributed by atoms with E-state index in [2.05, 4.69) is 22.2 Å². The maximum atomic E-state index is 12.9. The SMILES string of the molecule is COC(=O)c1ccc(NC(=O)CN2C(=O)[C@H]3[C@@H]4C=C[C@@H]([C@H]5C[C@H]45)[C@@H]3C2=O)cc1. The molecule has 1 N–H and O–H groups in total. The van der Waals surface area contributed by atoms with Gasteiger partial charge in [0.05, 0.1) is 24.5 Å². The van der Waals surface area contributed by atoms with Crippen molar-refractivity contribution in [3.05, 3.63) is 42.0 Å². The van der Waals surface area contributed by atoms with Crippen LogP contribution in [-0.2, 0) is 19.1 Å². The highest BCUT2D eigenvalue weighted by Gasteiger charge is 2.67. The quantitative estimate of drug-likeness (QED) is 0.485. The van der Waals surface area contributed by atoms with E-state index >= 15 is 0 Å². The van der Waals surface area contributed by atoms with Crippen molar-refractivity contribution in [1.29, 1.82) is 0 Å². The molecule has 6 atom stereocenters. The average molecular weight is 380 g/mol. The number of allylic oxidation sites excluding steroid dienone is 2. The molecular formula is C21H20N2O5. The molecule has 144 valence electrons. The van der Waals surface area contributed by atoms with Crippen molar-refractivity contribution in [1.82, 2.24) is 4.90 Å². The number of nitrogens with one attached hydrogen (secondary N) is 1. The number of amides is 3. The largest absolute Gasteiger partial charge is 0.465 e. The van der Waals surface area contributed by atoms with Crippen LogP contribution >= 0.6 is 0 Å². The highest BCUT2D eigenvalue weighted by Crippen LogP contribution is 2.65. The van der Waals surface area contributed by atoms with Crippen LogP contribution in [0.2, 0.25) is 0 Å². The zero-order valence-electron chi connectivity index (χ0n) is 15.3. The number of likely N-dealkylation sites (tertiary alicyclic amines) is 1. The third-order valence-electron chi connectivity index (χ3n) is 6.65. The molecule has 1 aromatic rings. The van der Waals surface area contributed by atoms with Gasteiger partial charge in [0.1, 0.15) is 6.54 Å². The van der Waals surface area contributed by atoms with Gasteiger partial charge in [-0.15, -0.1) is 0 Å². The van der Waals surface area contributed by atoms with E-state index in [0.717, 1.165) is 11.3 Å². The van der Waals surface area contributed by atoms with Crippen LogP contribution in [-0.4, -0.2) is 42.2 Å². The molecule has 2 saturated carbocycles. The maximum Gasteiger partial charge on any atom is 0.337 e. The molecule has 3 amide bonds. The Hall–Kier alpha value is -2.96. The second-order valence-electron chi connectivity index (χ2n) is 8.03. The van der Waals surface area contributed by atoms with Crippen LogP contribution in [0.4, 0.5) is 5.69 Å². The third-order valence-corrected chi connectivity index (χ3v) is 6.65. The molecule has 1 heterocycles. The minimum Gasteiger partial charge on any atom is -0.465 e. The van der Waals surface area contributed by atoms with Gasteiger partial charge in [-0.1, -0.05) is 12.2 Å². The summed E-state index contributed by atoms with van der Waals surface area (Å²) in [5.41, 5.74) is 0.855. The zero-order chi connectivity index (χ0) is 19.6. The van der Waals surface area contributed by atoms with Crippen molar-refractivity contribution < 1.29 is 23.9 Å². The van der Waals surface area contributed by atoms with Crippen LogP contribution in [0.3, 0.4) is 0 Å². The minimum atomic E-state index is -0.463. The predicted octanol–water partition coefficient (Wildman–Crippen LogP) is 1.46. The molecule has 7 heteroatoms. The number of anilines is 1. The van der Waals surface area contributed by atoms with E-state index in [1.807, 2.05) is 0 Å². The summed E-state index contributed by atoms with van der Waals surface area (Å²) in [6.07, 6.45) is 5.33. The van der Waals surface area contributed by atoms with Gasteiger partial charge in [0.2, 0.25) is 17.7 Å². The number of methoxy groups -OCH3 is 1. The number of carbonyl (C=O) groups is 4. The van der Waals surface area contributed by atoms with Crippen LogP contribution in [0.15, 0.2) is 36.4 Å². The summed E-state index contributed by atoms with van der Waals surface area (Å²) < 4.78 is 4.64. The minimum absolute atomic E-state index is 0.148. The summed E-state index contributed by atoms with van der Waals surface area (Å²) in [5, 5.41) is 2.68. The highest BCUT2D eigenvalue weighted by molar-refractivity contribution is 6.09. The summed E-state index contributed by atoms with van der Waals surface area (Å²) in [5.74, 6) is -0.536. The van der Waals surface area contributed by atoms with Crippen molar-refractivity contribution in [2.45, 2.75) is 6.42 Å². The molecule has 4 aliphatic carbocycles. The highest BCUT2D eigenvalue weighted by atomic mass is 16.5. The fraction of sp³-hybridized carbons (Fsp3) is 0.429. The van der Waals surface area contributed by atoms with E-state index in [1.54, 1.807) is 12.1 Å². The molecule has 0 unspecified atom stereocenters. The lowest BCUT2D eigenvalue weighted by Gasteiger charge is -2.37. The first-order chi connectivity index (χ1) is 13.5. The molecule has 0 radical (unpaired) electrons. The van der Waals surface area contributed by atoms with Crippen molar-refractivity contribution in [3.63, 3.8) is 0 Å². The number of carbonyl (C=O) groups excluding carboxylic acids is 4. The number of hydrogen-bond acceptors (Lipinski definition) is 5. The number of imide groups is 1. The van der Waals surface area contributed by atoms with Gasteiger partial charge in [0, 0.05) is 5.69 Å². The molecule has 7 nitrogen and oxygen atoms in total. The number of esters is 1. The van der Waals surface area contributed by atoms with Crippen molar-refractivity contribution in [3.8, 4) is 0 Å². The molecule has 1 aromatic carbocycles. The maximum absolute atomic E-state index is 12.9. The number of benzene rings is 1. The van der Waals surface area contributed by atoms with E-state index in [9.17, 15) is 19.2 Å². The Bertz CT molecular complexity index is 885. The number of nitrogens with zero attached hydrogens (tertiary/aromatic N) is 1. The second-order valence-corrected chi connectivity index (χ2v) is 8.03. The molecule has 28 heavy (non-hydrogen) atoms. The van der Waals surface area contributed by atoms with Gasteiger partial charge < -0.3 is 10.1 Å². The Kier molecular flexibility index (Phi) is 3.69. The zero-order valence-corrected chi connectivity index (χ0v) is 15.3. The van der Waals surface area contributed by atoms with Crippen molar-refractivity contribution >= 4 is 29.4 Å². The van der Waals surface area contributed by atoms with Gasteiger partial charge in [0.15, 0.2) is 0 Å². The summed E-state index contributed by atoms with van der Waals surface area (Å²) >= 11 is 0. The predicted molar refractivity (Wildman–Crippen MR) is 97.8 cm³/mol. The Labute approximate surface area is 161 Å². The van der Waals surface area contributed by atoms with Crippen LogP contribution in [0, 0.1) is 35.5 Å². The Balaban J connectivity index is 1.27. The lowest BCUT2D eigenvalue weighted by molar-refractivity contribution is -0.142. The van der Waals surface area contributed by atoms with Crippen molar-refractivity contribution in [2.75, 3.05) is 19.0 Å². The van der Waals surface area contributed by atoms with Gasteiger partial charge in [-0.3, -0.25) is 19.3 Å². The average Bonchev–Trinajstić information content (AvgIpc) is 3.49. The van der Waals surface area contributed by atoms with Gasteiger partial charge in [0.25, 0.3) is 0 Å². The molecule has 0 aromatic heterocycles. The number of ether oxygens (including phenoxy) is 1. The van der Waals surface area contributed by atoms with Gasteiger partial charge in [-0.2, -0.15) is 0 Å². The lowest BCUT2D eigenvalue weighted by atomic mass is 9.63. The molecule has 3 fully saturated rings.